The molecule has 0 fully saturated rings. The number of aliphatic hydroxyl groups is 2. The number of esters is 1. The number of nitrogens with zero attached hydrogens (tertiary/aromatic N) is 1. The van der Waals surface area contributed by atoms with Gasteiger partial charge in [0.15, 0.2) is 0 Å². The quantitative estimate of drug-likeness (QED) is 0.226. The minimum Gasteiger partial charge on any atom is -0.462 e. The second-order valence-electron chi connectivity index (χ2n) is 7.46. The number of amides is 1. The second kappa shape index (κ2) is 19.2. The van der Waals surface area contributed by atoms with E-state index in [1.165, 1.54) is 44.9 Å². The van der Waals surface area contributed by atoms with E-state index in [4.69, 9.17) is 14.9 Å². The van der Waals surface area contributed by atoms with Crippen molar-refractivity contribution in [3.05, 3.63) is 0 Å². The van der Waals surface area contributed by atoms with E-state index in [0.29, 0.717) is 26.1 Å². The van der Waals surface area contributed by atoms with Crippen LogP contribution < -0.4 is 5.32 Å². The van der Waals surface area contributed by atoms with E-state index < -0.39 is 12.1 Å². The molecule has 0 saturated carbocycles. The number of rotatable bonds is 19. The number of nitrogens with one attached hydrogen (secondary N) is 1. The van der Waals surface area contributed by atoms with Gasteiger partial charge in [0.25, 0.3) is 0 Å². The molecule has 1 unspecified atom stereocenters. The van der Waals surface area contributed by atoms with Crippen molar-refractivity contribution in [1.82, 2.24) is 10.2 Å². The van der Waals surface area contributed by atoms with E-state index in [9.17, 15) is 9.59 Å². The second-order valence-corrected chi connectivity index (χ2v) is 7.46. The van der Waals surface area contributed by atoms with Crippen LogP contribution in [0.5, 0.6) is 0 Å². The minimum absolute atomic E-state index is 0.0292. The van der Waals surface area contributed by atoms with Crippen LogP contribution >= 0.6 is 0 Å². The molecule has 0 saturated heterocycles. The first-order valence-corrected chi connectivity index (χ1v) is 10.9. The number of aliphatic hydroxyl groups excluding tert-OH is 2. The molecule has 0 radical (unpaired) electrons. The third-order valence-corrected chi connectivity index (χ3v) is 4.51. The van der Waals surface area contributed by atoms with Gasteiger partial charge in [-0.25, -0.2) is 0 Å². The number of hydrogen-bond acceptors (Lipinski definition) is 6. The maximum Gasteiger partial charge on any atom is 0.320 e. The van der Waals surface area contributed by atoms with E-state index >= 15 is 0 Å². The van der Waals surface area contributed by atoms with E-state index in [0.717, 1.165) is 12.8 Å². The van der Waals surface area contributed by atoms with Crippen LogP contribution in [0, 0.1) is 0 Å². The standard InChI is InChI=1S/C21H42N2O5/c1-3-4-5-6-7-8-9-10-11-12-20(26)22-13-14-23(15-16-24)17-21(27)28-18-19(2)25/h19,24-25H,3-18H2,1-2H3,(H,22,26). The highest BCUT2D eigenvalue weighted by Gasteiger charge is 2.12. The van der Waals surface area contributed by atoms with Crippen molar-refractivity contribution < 1.29 is 24.5 Å². The van der Waals surface area contributed by atoms with Gasteiger partial charge in [-0.15, -0.1) is 0 Å². The number of hydrogen-bond donors (Lipinski definition) is 3. The smallest absolute Gasteiger partial charge is 0.320 e. The fourth-order valence-corrected chi connectivity index (χ4v) is 2.89. The third-order valence-electron chi connectivity index (χ3n) is 4.51. The van der Waals surface area contributed by atoms with Crippen LogP contribution in [0.2, 0.25) is 0 Å². The van der Waals surface area contributed by atoms with Crippen LogP contribution in [0.25, 0.3) is 0 Å². The van der Waals surface area contributed by atoms with Gasteiger partial charge in [-0.1, -0.05) is 58.3 Å². The molecule has 7 heteroatoms. The van der Waals surface area contributed by atoms with Crippen LogP contribution in [0.4, 0.5) is 0 Å². The molecule has 0 aromatic rings. The lowest BCUT2D eigenvalue weighted by Gasteiger charge is -2.20. The van der Waals surface area contributed by atoms with E-state index in [1.54, 1.807) is 11.8 Å². The molecule has 0 aromatic heterocycles. The molecular formula is C21H42N2O5. The first kappa shape index (κ1) is 26.8. The molecule has 1 atom stereocenters. The molecule has 166 valence electrons. The Hall–Kier alpha value is -1.18. The van der Waals surface area contributed by atoms with Gasteiger partial charge < -0.3 is 20.3 Å². The molecule has 0 spiro atoms. The van der Waals surface area contributed by atoms with E-state index in [2.05, 4.69) is 12.2 Å². The molecule has 28 heavy (non-hydrogen) atoms. The zero-order valence-electron chi connectivity index (χ0n) is 18.0. The summed E-state index contributed by atoms with van der Waals surface area (Å²) in [7, 11) is 0. The summed E-state index contributed by atoms with van der Waals surface area (Å²) >= 11 is 0. The molecular weight excluding hydrogens is 360 g/mol. The Morgan fingerprint density at radius 3 is 2.18 bits per heavy atom. The highest BCUT2D eigenvalue weighted by molar-refractivity contribution is 5.75. The van der Waals surface area contributed by atoms with Gasteiger partial charge >= 0.3 is 5.97 Å². The van der Waals surface area contributed by atoms with Crippen molar-refractivity contribution in [3.63, 3.8) is 0 Å². The fourth-order valence-electron chi connectivity index (χ4n) is 2.89. The number of unbranched alkanes of at least 4 members (excludes halogenated alkanes) is 8. The minimum atomic E-state index is -0.699. The normalized spacial score (nSPS) is 12.2. The Morgan fingerprint density at radius 1 is 1.00 bits per heavy atom. The van der Waals surface area contributed by atoms with Crippen LogP contribution in [0.1, 0.15) is 78.1 Å². The lowest BCUT2D eigenvalue weighted by Crippen LogP contribution is -2.39. The predicted molar refractivity (Wildman–Crippen MR) is 111 cm³/mol. The Kier molecular flexibility index (Phi) is 18.3. The highest BCUT2D eigenvalue weighted by Crippen LogP contribution is 2.10. The molecule has 0 aromatic carbocycles. The van der Waals surface area contributed by atoms with Crippen LogP contribution in [-0.4, -0.2) is 72.5 Å². The molecule has 1 amide bonds. The van der Waals surface area contributed by atoms with Crippen molar-refractivity contribution in [2.45, 2.75) is 84.2 Å². The summed E-state index contributed by atoms with van der Waals surface area (Å²) < 4.78 is 4.92. The Labute approximate surface area is 170 Å². The Morgan fingerprint density at radius 2 is 1.61 bits per heavy atom. The molecule has 0 aliphatic carbocycles. The monoisotopic (exact) mass is 402 g/mol. The first-order valence-electron chi connectivity index (χ1n) is 10.9. The average molecular weight is 403 g/mol. The van der Waals surface area contributed by atoms with E-state index in [1.807, 2.05) is 0 Å². The van der Waals surface area contributed by atoms with Gasteiger partial charge in [0.1, 0.15) is 6.61 Å². The van der Waals surface area contributed by atoms with Gasteiger partial charge in [-0.05, 0) is 13.3 Å². The van der Waals surface area contributed by atoms with Crippen molar-refractivity contribution in [2.75, 3.05) is 39.4 Å². The fraction of sp³-hybridized carbons (Fsp3) is 0.905. The molecule has 3 N–H and O–H groups in total. The Balaban J connectivity index is 3.72. The SMILES string of the molecule is CCCCCCCCCCCC(=O)NCCN(CCO)CC(=O)OCC(C)O. The Bertz CT molecular complexity index is 391. The molecule has 0 aliphatic heterocycles. The van der Waals surface area contributed by atoms with Gasteiger partial charge in [-0.2, -0.15) is 0 Å². The van der Waals surface area contributed by atoms with Gasteiger partial charge in [-0.3, -0.25) is 14.5 Å². The number of carbonyl (C=O) groups is 2. The number of carbonyl (C=O) groups excluding carboxylic acids is 2. The third kappa shape index (κ3) is 18.2. The van der Waals surface area contributed by atoms with Crippen molar-refractivity contribution in [1.29, 1.82) is 0 Å². The maximum absolute atomic E-state index is 11.9. The van der Waals surface area contributed by atoms with Gasteiger partial charge in [0, 0.05) is 26.1 Å². The lowest BCUT2D eigenvalue weighted by atomic mass is 10.1. The maximum atomic E-state index is 11.9. The number of ether oxygens (including phenoxy) is 1. The molecule has 0 bridgehead atoms. The van der Waals surface area contributed by atoms with Crippen molar-refractivity contribution in [3.8, 4) is 0 Å². The summed E-state index contributed by atoms with van der Waals surface area (Å²) in [4.78, 5) is 25.3. The summed E-state index contributed by atoms with van der Waals surface area (Å²) in [6, 6.07) is 0. The summed E-state index contributed by atoms with van der Waals surface area (Å²) in [5.41, 5.74) is 0. The highest BCUT2D eigenvalue weighted by atomic mass is 16.5. The van der Waals surface area contributed by atoms with E-state index in [-0.39, 0.29) is 25.7 Å². The van der Waals surface area contributed by atoms with Crippen LogP contribution in [-0.2, 0) is 14.3 Å². The summed E-state index contributed by atoms with van der Waals surface area (Å²) in [5, 5.41) is 21.1. The zero-order valence-corrected chi connectivity index (χ0v) is 18.0. The lowest BCUT2D eigenvalue weighted by molar-refractivity contribution is -0.147. The van der Waals surface area contributed by atoms with Crippen molar-refractivity contribution >= 4 is 11.9 Å². The molecule has 0 aliphatic rings. The zero-order chi connectivity index (χ0) is 21.0. The predicted octanol–water partition coefficient (Wildman–Crippen LogP) is 2.24. The summed E-state index contributed by atoms with van der Waals surface area (Å²) in [6.45, 7) is 4.91. The van der Waals surface area contributed by atoms with Crippen LogP contribution in [0.15, 0.2) is 0 Å². The van der Waals surface area contributed by atoms with Crippen LogP contribution in [0.3, 0.4) is 0 Å². The first-order chi connectivity index (χ1) is 13.5. The van der Waals surface area contributed by atoms with Gasteiger partial charge in [0.2, 0.25) is 5.91 Å². The summed E-state index contributed by atoms with van der Waals surface area (Å²) in [6.07, 6.45) is 10.9. The average Bonchev–Trinajstić information content (AvgIpc) is 2.65. The molecule has 0 rings (SSSR count). The van der Waals surface area contributed by atoms with Crippen molar-refractivity contribution in [2.24, 2.45) is 0 Å². The largest absolute Gasteiger partial charge is 0.462 e. The molecule has 7 nitrogen and oxygen atoms in total. The van der Waals surface area contributed by atoms with Gasteiger partial charge in [0.05, 0.1) is 19.3 Å². The molecule has 0 heterocycles. The summed E-state index contributed by atoms with van der Waals surface area (Å²) in [5.74, 6) is -0.418. The topological polar surface area (TPSA) is 99.1 Å².